The smallest absolute Gasteiger partial charge is 0.410 e. The Hall–Kier alpha value is -2.68. The maximum Gasteiger partial charge on any atom is 0.410 e. The maximum absolute atomic E-state index is 12.3. The quantitative estimate of drug-likeness (QED) is 0.439. The molecule has 4 aliphatic heterocycles. The van der Waals surface area contributed by atoms with Crippen molar-refractivity contribution in [3.8, 4) is 0 Å². The molecular formula is C36H68N8O6. The number of rotatable bonds is 6. The molecule has 4 aliphatic rings. The molecule has 0 atom stereocenters. The number of hydrogen-bond acceptors (Lipinski definition) is 10. The third-order valence-corrected chi connectivity index (χ3v) is 9.39. The lowest BCUT2D eigenvalue weighted by atomic mass is 10.0. The summed E-state index contributed by atoms with van der Waals surface area (Å²) in [6.45, 7) is 29.5. The summed E-state index contributed by atoms with van der Waals surface area (Å²) in [7, 11) is 0. The van der Waals surface area contributed by atoms with Crippen molar-refractivity contribution in [3.05, 3.63) is 0 Å². The highest BCUT2D eigenvalue weighted by molar-refractivity contribution is 5.73. The molecule has 4 saturated heterocycles. The van der Waals surface area contributed by atoms with Gasteiger partial charge in [-0.05, 0) is 73.1 Å². The van der Waals surface area contributed by atoms with Gasteiger partial charge in [-0.1, -0.05) is 13.8 Å². The number of nitrogens with zero attached hydrogens (tertiary/aromatic N) is 7. The van der Waals surface area contributed by atoms with Crippen LogP contribution in [0.1, 0.15) is 94.9 Å². The van der Waals surface area contributed by atoms with E-state index in [4.69, 9.17) is 9.47 Å². The van der Waals surface area contributed by atoms with Gasteiger partial charge in [0, 0.05) is 111 Å². The SMILES string of the molecule is CC(=O)N1CCC(N(CC(C)C)N2CCN(C(=O)OC(C)(C)C)CC2)CC1.CC(=O)N1CCC(NN2CCN(C(=O)OC(C)(C)C)CC2)CC1. The van der Waals surface area contributed by atoms with Crippen LogP contribution in [0.15, 0.2) is 0 Å². The van der Waals surface area contributed by atoms with Crippen molar-refractivity contribution in [3.63, 3.8) is 0 Å². The second-order valence-electron chi connectivity index (χ2n) is 16.5. The third kappa shape index (κ3) is 14.1. The minimum Gasteiger partial charge on any atom is -0.444 e. The molecule has 0 saturated carbocycles. The number of likely N-dealkylation sites (tertiary alicyclic amines) is 2. The predicted molar refractivity (Wildman–Crippen MR) is 194 cm³/mol. The van der Waals surface area contributed by atoms with Crippen LogP contribution in [0.5, 0.6) is 0 Å². The van der Waals surface area contributed by atoms with Gasteiger partial charge in [-0.15, -0.1) is 0 Å². The highest BCUT2D eigenvalue weighted by atomic mass is 16.6. The van der Waals surface area contributed by atoms with Gasteiger partial charge >= 0.3 is 12.2 Å². The first-order chi connectivity index (χ1) is 23.3. The van der Waals surface area contributed by atoms with Crippen LogP contribution in [0, 0.1) is 5.92 Å². The zero-order valence-electron chi connectivity index (χ0n) is 32.8. The number of piperazine rings is 2. The Balaban J connectivity index is 0.000000274. The van der Waals surface area contributed by atoms with E-state index in [-0.39, 0.29) is 24.0 Å². The molecule has 4 rings (SSSR count). The van der Waals surface area contributed by atoms with E-state index in [1.54, 1.807) is 18.7 Å². The zero-order valence-corrected chi connectivity index (χ0v) is 32.8. The average Bonchev–Trinajstić information content (AvgIpc) is 3.03. The lowest BCUT2D eigenvalue weighted by Crippen LogP contribution is -2.60. The van der Waals surface area contributed by atoms with Gasteiger partial charge in [0.2, 0.25) is 11.8 Å². The number of piperidine rings is 2. The van der Waals surface area contributed by atoms with Gasteiger partial charge in [-0.3, -0.25) is 15.0 Å². The van der Waals surface area contributed by atoms with Crippen molar-refractivity contribution < 1.29 is 28.7 Å². The minimum absolute atomic E-state index is 0.162. The van der Waals surface area contributed by atoms with E-state index in [1.165, 1.54) is 0 Å². The molecule has 0 spiro atoms. The average molecular weight is 709 g/mol. The maximum atomic E-state index is 12.3. The van der Waals surface area contributed by atoms with E-state index in [2.05, 4.69) is 34.3 Å². The molecule has 0 aliphatic carbocycles. The summed E-state index contributed by atoms with van der Waals surface area (Å²) < 4.78 is 10.9. The van der Waals surface area contributed by atoms with Crippen LogP contribution in [0.3, 0.4) is 0 Å². The molecule has 0 radical (unpaired) electrons. The van der Waals surface area contributed by atoms with Crippen molar-refractivity contribution in [1.82, 2.24) is 40.1 Å². The molecule has 0 aromatic carbocycles. The van der Waals surface area contributed by atoms with Crippen molar-refractivity contribution in [2.24, 2.45) is 5.92 Å². The van der Waals surface area contributed by atoms with Crippen LogP contribution >= 0.6 is 0 Å². The Kier molecular flexibility index (Phi) is 15.6. The standard InChI is InChI=1S/C20H38N4O3.C16H30N4O3/c1-16(2)15-24(18-7-9-21(10-8-18)17(3)25)23-13-11-22(12-14-23)19(26)27-20(4,5)6;1-13(21)18-7-5-14(6-8-18)17-20-11-9-19(10-12-20)15(22)23-16(2,3)4/h16,18H,7-15H2,1-6H3;14,17H,5-12H2,1-4H3. The van der Waals surface area contributed by atoms with Crippen LogP contribution in [-0.4, -0.2) is 167 Å². The lowest BCUT2D eigenvalue weighted by Gasteiger charge is -2.47. The predicted octanol–water partition coefficient (Wildman–Crippen LogP) is 3.48. The van der Waals surface area contributed by atoms with Gasteiger partial charge in [0.25, 0.3) is 0 Å². The minimum atomic E-state index is -0.456. The summed E-state index contributed by atoms with van der Waals surface area (Å²) in [6, 6.07) is 0.884. The summed E-state index contributed by atoms with van der Waals surface area (Å²) in [5.41, 5.74) is 2.64. The number of carbonyl (C=O) groups excluding carboxylic acids is 4. The summed E-state index contributed by atoms with van der Waals surface area (Å²) in [5, 5.41) is 7.11. The first-order valence-electron chi connectivity index (χ1n) is 18.8. The largest absolute Gasteiger partial charge is 0.444 e. The van der Waals surface area contributed by atoms with E-state index in [0.717, 1.165) is 84.6 Å². The third-order valence-electron chi connectivity index (χ3n) is 9.39. The van der Waals surface area contributed by atoms with Crippen LogP contribution in [-0.2, 0) is 19.1 Å². The fourth-order valence-electron chi connectivity index (χ4n) is 6.74. The number of hydrogen-bond donors (Lipinski definition) is 1. The number of carbonyl (C=O) groups is 4. The van der Waals surface area contributed by atoms with E-state index >= 15 is 0 Å². The molecule has 0 unspecified atom stereocenters. The summed E-state index contributed by atoms with van der Waals surface area (Å²) in [4.78, 5) is 54.7. The Morgan fingerprint density at radius 3 is 1.40 bits per heavy atom. The van der Waals surface area contributed by atoms with Gasteiger partial charge in [-0.2, -0.15) is 0 Å². The molecule has 0 aromatic rings. The summed E-state index contributed by atoms with van der Waals surface area (Å²) in [5.74, 6) is 0.906. The molecule has 14 nitrogen and oxygen atoms in total. The first-order valence-corrected chi connectivity index (χ1v) is 18.8. The van der Waals surface area contributed by atoms with Gasteiger partial charge in [0.15, 0.2) is 0 Å². The number of amides is 4. The molecular weight excluding hydrogens is 640 g/mol. The van der Waals surface area contributed by atoms with Gasteiger partial charge in [0.1, 0.15) is 11.2 Å². The fourth-order valence-corrected chi connectivity index (χ4v) is 6.74. The van der Waals surface area contributed by atoms with Crippen molar-refractivity contribution >= 4 is 24.0 Å². The number of ether oxygens (including phenoxy) is 2. The van der Waals surface area contributed by atoms with Gasteiger partial charge in [0.05, 0.1) is 0 Å². The molecule has 50 heavy (non-hydrogen) atoms. The fraction of sp³-hybridized carbons (Fsp3) is 0.889. The Morgan fingerprint density at radius 1 is 0.620 bits per heavy atom. The van der Waals surface area contributed by atoms with E-state index in [9.17, 15) is 19.2 Å². The zero-order chi connectivity index (χ0) is 37.2. The lowest BCUT2D eigenvalue weighted by molar-refractivity contribution is -0.134. The second kappa shape index (κ2) is 18.7. The van der Waals surface area contributed by atoms with E-state index in [0.29, 0.717) is 44.2 Å². The van der Waals surface area contributed by atoms with Crippen LogP contribution < -0.4 is 5.43 Å². The Morgan fingerprint density at radius 2 is 1.02 bits per heavy atom. The topological polar surface area (TPSA) is 121 Å². The highest BCUT2D eigenvalue weighted by Gasteiger charge is 2.33. The summed E-state index contributed by atoms with van der Waals surface area (Å²) in [6.07, 6.45) is 3.54. The van der Waals surface area contributed by atoms with Crippen molar-refractivity contribution in [2.45, 2.75) is 118 Å². The monoisotopic (exact) mass is 709 g/mol. The second-order valence-corrected chi connectivity index (χ2v) is 16.5. The van der Waals surface area contributed by atoms with E-state index < -0.39 is 11.2 Å². The summed E-state index contributed by atoms with van der Waals surface area (Å²) >= 11 is 0. The Labute approximate surface area is 301 Å². The molecule has 0 bridgehead atoms. The van der Waals surface area contributed by atoms with Crippen LogP contribution in [0.4, 0.5) is 9.59 Å². The van der Waals surface area contributed by atoms with E-state index in [1.807, 2.05) is 56.2 Å². The van der Waals surface area contributed by atoms with Crippen LogP contribution in [0.2, 0.25) is 0 Å². The molecule has 0 aromatic heterocycles. The molecule has 4 amide bonds. The van der Waals surface area contributed by atoms with Crippen LogP contribution in [0.25, 0.3) is 0 Å². The van der Waals surface area contributed by atoms with Crippen molar-refractivity contribution in [1.29, 1.82) is 0 Å². The molecule has 4 fully saturated rings. The molecule has 4 heterocycles. The normalized spacial score (nSPS) is 20.9. The molecule has 1 N–H and O–H groups in total. The number of nitrogens with one attached hydrogen (secondary N) is 1. The van der Waals surface area contributed by atoms with Crippen molar-refractivity contribution in [2.75, 3.05) is 85.1 Å². The molecule has 14 heteroatoms. The van der Waals surface area contributed by atoms with Gasteiger partial charge in [-0.25, -0.2) is 24.6 Å². The Bertz CT molecular complexity index is 1090. The molecule has 288 valence electrons. The number of hydrazine groups is 2. The first kappa shape index (κ1) is 41.7. The van der Waals surface area contributed by atoms with Gasteiger partial charge < -0.3 is 29.1 Å². The highest BCUT2D eigenvalue weighted by Crippen LogP contribution is 2.22.